The van der Waals surface area contributed by atoms with E-state index in [-0.39, 0.29) is 5.91 Å². The Bertz CT molecular complexity index is 613. The van der Waals surface area contributed by atoms with Gasteiger partial charge in [0, 0.05) is 13.1 Å². The fourth-order valence-corrected chi connectivity index (χ4v) is 1.78. The summed E-state index contributed by atoms with van der Waals surface area (Å²) in [6.07, 6.45) is 3.27. The van der Waals surface area contributed by atoms with E-state index in [1.807, 2.05) is 24.3 Å². The normalized spacial score (nSPS) is 10.6. The highest BCUT2D eigenvalue weighted by molar-refractivity contribution is 5.91. The quantitative estimate of drug-likeness (QED) is 0.854. The number of hydrogen-bond acceptors (Lipinski definition) is 2. The van der Waals surface area contributed by atoms with Crippen molar-refractivity contribution in [1.82, 2.24) is 5.32 Å². The predicted molar refractivity (Wildman–Crippen MR) is 85.1 cm³/mol. The molecule has 2 aromatic carbocycles. The summed E-state index contributed by atoms with van der Waals surface area (Å²) >= 11 is 0. The van der Waals surface area contributed by atoms with Crippen LogP contribution in [0.1, 0.15) is 16.7 Å². The Balaban J connectivity index is 1.91. The SMILES string of the molecule is CNC(=O)/C=C/c1ccc(OCc2ccc(C)cc2)cc1. The largest absolute Gasteiger partial charge is 0.489 e. The lowest BCUT2D eigenvalue weighted by atomic mass is 10.1. The summed E-state index contributed by atoms with van der Waals surface area (Å²) in [5, 5.41) is 2.54. The van der Waals surface area contributed by atoms with E-state index < -0.39 is 0 Å². The molecule has 2 aromatic rings. The van der Waals surface area contributed by atoms with Gasteiger partial charge in [-0.15, -0.1) is 0 Å². The molecule has 0 aromatic heterocycles. The monoisotopic (exact) mass is 281 g/mol. The first-order chi connectivity index (χ1) is 10.2. The second kappa shape index (κ2) is 7.29. The number of ether oxygens (including phenoxy) is 1. The molecule has 0 radical (unpaired) electrons. The topological polar surface area (TPSA) is 38.3 Å². The molecule has 21 heavy (non-hydrogen) atoms. The molecule has 0 unspecified atom stereocenters. The van der Waals surface area contributed by atoms with Gasteiger partial charge in [0.05, 0.1) is 0 Å². The molecule has 0 saturated heterocycles. The molecule has 0 spiro atoms. The Hall–Kier alpha value is -2.55. The van der Waals surface area contributed by atoms with Gasteiger partial charge in [0.1, 0.15) is 12.4 Å². The lowest BCUT2D eigenvalue weighted by Gasteiger charge is -2.07. The van der Waals surface area contributed by atoms with Crippen LogP contribution in [-0.4, -0.2) is 13.0 Å². The maximum absolute atomic E-state index is 11.1. The van der Waals surface area contributed by atoms with Crippen molar-refractivity contribution in [2.24, 2.45) is 0 Å². The van der Waals surface area contributed by atoms with Gasteiger partial charge < -0.3 is 10.1 Å². The molecule has 0 heterocycles. The molecule has 3 heteroatoms. The number of rotatable bonds is 5. The maximum Gasteiger partial charge on any atom is 0.243 e. The van der Waals surface area contributed by atoms with Crippen LogP contribution < -0.4 is 10.1 Å². The second-order valence-electron chi connectivity index (χ2n) is 4.79. The molecule has 2 rings (SSSR count). The van der Waals surface area contributed by atoms with E-state index in [2.05, 4.69) is 36.5 Å². The Morgan fingerprint density at radius 2 is 1.76 bits per heavy atom. The summed E-state index contributed by atoms with van der Waals surface area (Å²) in [6, 6.07) is 15.9. The lowest BCUT2D eigenvalue weighted by molar-refractivity contribution is -0.115. The van der Waals surface area contributed by atoms with E-state index in [4.69, 9.17) is 4.74 Å². The lowest BCUT2D eigenvalue weighted by Crippen LogP contribution is -2.13. The fraction of sp³-hybridized carbons (Fsp3) is 0.167. The fourth-order valence-electron chi connectivity index (χ4n) is 1.78. The molecule has 1 N–H and O–H groups in total. The third kappa shape index (κ3) is 4.80. The van der Waals surface area contributed by atoms with E-state index in [9.17, 15) is 4.79 Å². The van der Waals surface area contributed by atoms with Crippen molar-refractivity contribution in [1.29, 1.82) is 0 Å². The van der Waals surface area contributed by atoms with Gasteiger partial charge in [-0.1, -0.05) is 42.0 Å². The van der Waals surface area contributed by atoms with Gasteiger partial charge in [-0.05, 0) is 36.3 Å². The number of likely N-dealkylation sites (N-methyl/N-ethyl adjacent to an activating group) is 1. The first-order valence-corrected chi connectivity index (χ1v) is 6.85. The second-order valence-corrected chi connectivity index (χ2v) is 4.79. The van der Waals surface area contributed by atoms with Gasteiger partial charge in [0.15, 0.2) is 0 Å². The third-order valence-electron chi connectivity index (χ3n) is 3.08. The molecule has 0 atom stereocenters. The van der Waals surface area contributed by atoms with Gasteiger partial charge >= 0.3 is 0 Å². The summed E-state index contributed by atoms with van der Waals surface area (Å²) in [5.41, 5.74) is 3.34. The van der Waals surface area contributed by atoms with Crippen molar-refractivity contribution < 1.29 is 9.53 Å². The molecule has 1 amide bonds. The minimum absolute atomic E-state index is 0.116. The van der Waals surface area contributed by atoms with Crippen molar-refractivity contribution >= 4 is 12.0 Å². The van der Waals surface area contributed by atoms with Crippen LogP contribution >= 0.6 is 0 Å². The highest BCUT2D eigenvalue weighted by Crippen LogP contribution is 2.15. The van der Waals surface area contributed by atoms with Crippen LogP contribution in [0.25, 0.3) is 6.08 Å². The van der Waals surface area contributed by atoms with Gasteiger partial charge in [-0.2, -0.15) is 0 Å². The summed E-state index contributed by atoms with van der Waals surface area (Å²) in [4.78, 5) is 11.1. The van der Waals surface area contributed by atoms with Crippen LogP contribution in [0.3, 0.4) is 0 Å². The van der Waals surface area contributed by atoms with Gasteiger partial charge in [-0.25, -0.2) is 0 Å². The summed E-state index contributed by atoms with van der Waals surface area (Å²) in [6.45, 7) is 2.61. The highest BCUT2D eigenvalue weighted by Gasteiger charge is 1.97. The first-order valence-electron chi connectivity index (χ1n) is 6.85. The first kappa shape index (κ1) is 14.9. The Morgan fingerprint density at radius 3 is 2.38 bits per heavy atom. The molecule has 0 bridgehead atoms. The number of aryl methyl sites for hydroxylation is 1. The number of amides is 1. The standard InChI is InChI=1S/C18H19NO2/c1-14-3-5-16(6-4-14)13-21-17-10-7-15(8-11-17)9-12-18(20)19-2/h3-12H,13H2,1-2H3,(H,19,20)/b12-9+. The average Bonchev–Trinajstić information content (AvgIpc) is 2.53. The van der Waals surface area contributed by atoms with Gasteiger partial charge in [-0.3, -0.25) is 4.79 Å². The molecule has 0 aliphatic carbocycles. The molecule has 3 nitrogen and oxygen atoms in total. The van der Waals surface area contributed by atoms with E-state index in [1.165, 1.54) is 11.6 Å². The molecular weight excluding hydrogens is 262 g/mol. The zero-order valence-electron chi connectivity index (χ0n) is 12.3. The van der Waals surface area contributed by atoms with Crippen molar-refractivity contribution in [3.05, 3.63) is 71.3 Å². The van der Waals surface area contributed by atoms with Crippen molar-refractivity contribution in [3.63, 3.8) is 0 Å². The third-order valence-corrected chi connectivity index (χ3v) is 3.08. The van der Waals surface area contributed by atoms with E-state index in [0.29, 0.717) is 6.61 Å². The van der Waals surface area contributed by atoms with Crippen molar-refractivity contribution in [2.45, 2.75) is 13.5 Å². The van der Waals surface area contributed by atoms with Crippen LogP contribution in [0.15, 0.2) is 54.6 Å². The number of nitrogens with one attached hydrogen (secondary N) is 1. The number of hydrogen-bond donors (Lipinski definition) is 1. The smallest absolute Gasteiger partial charge is 0.243 e. The molecule has 0 fully saturated rings. The van der Waals surface area contributed by atoms with Crippen LogP contribution in [0.4, 0.5) is 0 Å². The Labute approximate surface area is 125 Å². The summed E-state index contributed by atoms with van der Waals surface area (Å²) in [7, 11) is 1.61. The number of carbonyl (C=O) groups is 1. The van der Waals surface area contributed by atoms with Crippen molar-refractivity contribution in [3.8, 4) is 5.75 Å². The number of benzene rings is 2. The maximum atomic E-state index is 11.1. The van der Waals surface area contributed by atoms with E-state index in [0.717, 1.165) is 16.9 Å². The van der Waals surface area contributed by atoms with Gasteiger partial charge in [0.25, 0.3) is 0 Å². The summed E-state index contributed by atoms with van der Waals surface area (Å²) < 4.78 is 5.73. The Morgan fingerprint density at radius 1 is 1.10 bits per heavy atom. The van der Waals surface area contributed by atoms with E-state index in [1.54, 1.807) is 13.1 Å². The predicted octanol–water partition coefficient (Wildman–Crippen LogP) is 3.33. The van der Waals surface area contributed by atoms with Crippen LogP contribution in [-0.2, 0) is 11.4 Å². The molecule has 0 aliphatic rings. The van der Waals surface area contributed by atoms with Crippen LogP contribution in [0.5, 0.6) is 5.75 Å². The van der Waals surface area contributed by atoms with Crippen LogP contribution in [0.2, 0.25) is 0 Å². The minimum atomic E-state index is -0.116. The zero-order valence-corrected chi connectivity index (χ0v) is 12.3. The zero-order chi connectivity index (χ0) is 15.1. The Kier molecular flexibility index (Phi) is 5.16. The van der Waals surface area contributed by atoms with Gasteiger partial charge in [0.2, 0.25) is 5.91 Å². The highest BCUT2D eigenvalue weighted by atomic mass is 16.5. The summed E-state index contributed by atoms with van der Waals surface area (Å²) in [5.74, 6) is 0.697. The average molecular weight is 281 g/mol. The molecule has 0 saturated carbocycles. The number of carbonyl (C=O) groups excluding carboxylic acids is 1. The van der Waals surface area contributed by atoms with Crippen LogP contribution in [0, 0.1) is 6.92 Å². The minimum Gasteiger partial charge on any atom is -0.489 e. The van der Waals surface area contributed by atoms with E-state index >= 15 is 0 Å². The molecule has 108 valence electrons. The van der Waals surface area contributed by atoms with Crippen molar-refractivity contribution in [2.75, 3.05) is 7.05 Å². The molecular formula is C18H19NO2. The molecule has 0 aliphatic heterocycles.